The predicted octanol–water partition coefficient (Wildman–Crippen LogP) is 8.47. The third-order valence-corrected chi connectivity index (χ3v) is 17.8. The van der Waals surface area contributed by atoms with E-state index in [4.69, 9.17) is 8.85 Å². The molecule has 36 heavy (non-hydrogen) atoms. The first-order valence-corrected chi connectivity index (χ1v) is 19.5. The summed E-state index contributed by atoms with van der Waals surface area (Å²) >= 11 is 0. The highest BCUT2D eigenvalue weighted by Crippen LogP contribution is 2.44. The minimum Gasteiger partial charge on any atom is -0.481 e. The summed E-state index contributed by atoms with van der Waals surface area (Å²) in [5.74, 6) is -1.12. The number of rotatable bonds is 15. The number of ketones is 1. The number of hydrogen-bond donors (Lipinski definition) is 1. The van der Waals surface area contributed by atoms with Gasteiger partial charge in [-0.25, -0.2) is 0 Å². The van der Waals surface area contributed by atoms with Crippen molar-refractivity contribution in [2.75, 3.05) is 0 Å². The minimum atomic E-state index is -2.31. The number of allylic oxidation sites excluding steroid dienone is 1. The first kappa shape index (κ1) is 35.2. The van der Waals surface area contributed by atoms with E-state index in [2.05, 4.69) is 81.2 Å². The molecule has 0 spiro atoms. The molecule has 212 valence electrons. The second kappa shape index (κ2) is 12.9. The number of carbonyl (C=O) groups is 2. The van der Waals surface area contributed by atoms with E-state index in [1.165, 1.54) is 0 Å². The highest BCUT2D eigenvalue weighted by atomic mass is 28.4. The summed E-state index contributed by atoms with van der Waals surface area (Å²) in [5.41, 5.74) is -0.969. The maximum Gasteiger partial charge on any atom is 0.305 e. The fourth-order valence-corrected chi connectivity index (χ4v) is 6.92. The highest BCUT2D eigenvalue weighted by Gasteiger charge is 2.49. The lowest BCUT2D eigenvalue weighted by atomic mass is 9.73. The fourth-order valence-electron chi connectivity index (χ4n) is 4.01. The van der Waals surface area contributed by atoms with Crippen LogP contribution in [0.5, 0.6) is 0 Å². The SMILES string of the molecule is C=CCCCC(C)C(O[Si](C)(C)C(C)(C)C)[C@@H](C)C(=O)C(C)(C)C(CC(=O)O)O[Si](C)(C)C(C)(C)C. The van der Waals surface area contributed by atoms with Crippen LogP contribution < -0.4 is 0 Å². The molecule has 0 heterocycles. The standard InChI is InChI=1S/C29H58O5Si2/c1-16-17-18-19-21(2)25(34-36(14,15)28(7,8)9)22(3)26(32)29(10,11)23(20-24(30)31)33-35(12,13)27(4,5)6/h16,21-23,25H,1,17-20H2,2-15H3,(H,30,31)/t21?,22-,23?,25?/m1/s1. The van der Waals surface area contributed by atoms with Gasteiger partial charge in [0.2, 0.25) is 0 Å². The molecular formula is C29H58O5Si2. The van der Waals surface area contributed by atoms with E-state index in [1.807, 2.05) is 26.8 Å². The van der Waals surface area contributed by atoms with E-state index in [-0.39, 0.29) is 40.2 Å². The van der Waals surface area contributed by atoms with Crippen molar-refractivity contribution in [1.29, 1.82) is 0 Å². The quantitative estimate of drug-likeness (QED) is 0.128. The van der Waals surface area contributed by atoms with Crippen molar-refractivity contribution in [2.45, 2.75) is 143 Å². The van der Waals surface area contributed by atoms with Gasteiger partial charge in [0.1, 0.15) is 5.78 Å². The Balaban J connectivity index is 6.31. The molecule has 0 radical (unpaired) electrons. The average molecular weight is 543 g/mol. The van der Waals surface area contributed by atoms with E-state index < -0.39 is 34.1 Å². The lowest BCUT2D eigenvalue weighted by molar-refractivity contribution is -0.146. The van der Waals surface area contributed by atoms with Gasteiger partial charge in [0.25, 0.3) is 0 Å². The maximum atomic E-state index is 14.2. The molecule has 3 unspecified atom stereocenters. The number of hydrogen-bond acceptors (Lipinski definition) is 4. The first-order chi connectivity index (χ1) is 15.9. The summed E-state index contributed by atoms with van der Waals surface area (Å²) in [4.78, 5) is 26.1. The lowest BCUT2D eigenvalue weighted by Crippen LogP contribution is -2.54. The van der Waals surface area contributed by atoms with E-state index in [1.54, 1.807) is 0 Å². The Labute approximate surface area is 225 Å². The largest absolute Gasteiger partial charge is 0.481 e. The number of carboxylic acids is 1. The molecule has 0 rings (SSSR count). The lowest BCUT2D eigenvalue weighted by Gasteiger charge is -2.46. The van der Waals surface area contributed by atoms with E-state index >= 15 is 0 Å². The second-order valence-electron chi connectivity index (χ2n) is 14.4. The van der Waals surface area contributed by atoms with Crippen molar-refractivity contribution in [3.8, 4) is 0 Å². The molecule has 0 saturated carbocycles. The van der Waals surface area contributed by atoms with Gasteiger partial charge in [-0.15, -0.1) is 6.58 Å². The smallest absolute Gasteiger partial charge is 0.305 e. The van der Waals surface area contributed by atoms with E-state index in [0.29, 0.717) is 0 Å². The fraction of sp³-hybridized carbons (Fsp3) is 0.862. The molecule has 0 aromatic carbocycles. The molecule has 0 aliphatic rings. The Morgan fingerprint density at radius 2 is 1.33 bits per heavy atom. The summed E-state index contributed by atoms with van der Waals surface area (Å²) in [5, 5.41) is 9.64. The van der Waals surface area contributed by atoms with Crippen LogP contribution in [-0.4, -0.2) is 45.7 Å². The van der Waals surface area contributed by atoms with Crippen LogP contribution >= 0.6 is 0 Å². The van der Waals surface area contributed by atoms with Crippen molar-refractivity contribution in [2.24, 2.45) is 17.3 Å². The number of Topliss-reactive ketones (excluding diaryl/α,β-unsaturated/α-hetero) is 1. The van der Waals surface area contributed by atoms with Gasteiger partial charge >= 0.3 is 5.97 Å². The monoisotopic (exact) mass is 542 g/mol. The molecule has 0 aromatic heterocycles. The van der Waals surface area contributed by atoms with Gasteiger partial charge in [-0.1, -0.05) is 75.3 Å². The van der Waals surface area contributed by atoms with Crippen LogP contribution in [0.15, 0.2) is 12.7 Å². The van der Waals surface area contributed by atoms with Gasteiger partial charge in [-0.3, -0.25) is 9.59 Å². The van der Waals surface area contributed by atoms with Crippen molar-refractivity contribution >= 4 is 28.4 Å². The van der Waals surface area contributed by atoms with Gasteiger partial charge < -0.3 is 14.0 Å². The summed E-state index contributed by atoms with van der Waals surface area (Å²) in [6.45, 7) is 33.4. The zero-order chi connectivity index (χ0) is 28.9. The van der Waals surface area contributed by atoms with Gasteiger partial charge in [0.05, 0.1) is 18.6 Å². The number of carbonyl (C=O) groups excluding carboxylic acids is 1. The van der Waals surface area contributed by atoms with Crippen LogP contribution in [0.4, 0.5) is 0 Å². The van der Waals surface area contributed by atoms with Crippen LogP contribution in [0.1, 0.15) is 94.9 Å². The minimum absolute atomic E-state index is 0.0155. The molecule has 7 heteroatoms. The molecule has 1 N–H and O–H groups in total. The number of carboxylic acid groups (broad SMARTS) is 1. The van der Waals surface area contributed by atoms with Crippen LogP contribution in [0.3, 0.4) is 0 Å². The Hall–Kier alpha value is -0.766. The molecule has 0 fully saturated rings. The third-order valence-electron chi connectivity index (χ3n) is 8.81. The predicted molar refractivity (Wildman–Crippen MR) is 158 cm³/mol. The highest BCUT2D eigenvalue weighted by molar-refractivity contribution is 6.74. The van der Waals surface area contributed by atoms with Gasteiger partial charge in [-0.05, 0) is 61.4 Å². The Kier molecular flexibility index (Phi) is 12.6. The number of aliphatic carboxylic acids is 1. The molecule has 0 aliphatic heterocycles. The zero-order valence-electron chi connectivity index (χ0n) is 26.0. The molecule has 0 aliphatic carbocycles. The van der Waals surface area contributed by atoms with Crippen LogP contribution in [0.25, 0.3) is 0 Å². The topological polar surface area (TPSA) is 72.8 Å². The summed E-state index contributed by atoms with van der Waals surface area (Å²) < 4.78 is 13.6. The van der Waals surface area contributed by atoms with E-state index in [9.17, 15) is 14.7 Å². The molecule has 4 atom stereocenters. The molecule has 0 aromatic rings. The van der Waals surface area contributed by atoms with Crippen LogP contribution in [0, 0.1) is 17.3 Å². The van der Waals surface area contributed by atoms with Crippen molar-refractivity contribution < 1.29 is 23.5 Å². The normalized spacial score (nSPS) is 17.3. The van der Waals surface area contributed by atoms with E-state index in [0.717, 1.165) is 19.3 Å². The molecule has 0 amide bonds. The zero-order valence-corrected chi connectivity index (χ0v) is 28.0. The third kappa shape index (κ3) is 9.52. The molecule has 0 saturated heterocycles. The van der Waals surface area contributed by atoms with Gasteiger partial charge in [0.15, 0.2) is 16.6 Å². The summed E-state index contributed by atoms with van der Waals surface area (Å²) in [6, 6.07) is 0. The average Bonchev–Trinajstić information content (AvgIpc) is 2.68. The molecular weight excluding hydrogens is 484 g/mol. The summed E-state index contributed by atoms with van der Waals surface area (Å²) in [7, 11) is -4.46. The Morgan fingerprint density at radius 3 is 1.72 bits per heavy atom. The van der Waals surface area contributed by atoms with Crippen molar-refractivity contribution in [3.05, 3.63) is 12.7 Å². The maximum absolute atomic E-state index is 14.2. The van der Waals surface area contributed by atoms with Crippen molar-refractivity contribution in [1.82, 2.24) is 0 Å². The summed E-state index contributed by atoms with van der Waals surface area (Å²) in [6.07, 6.45) is 3.69. The van der Waals surface area contributed by atoms with Gasteiger partial charge in [0, 0.05) is 11.3 Å². The van der Waals surface area contributed by atoms with Gasteiger partial charge in [-0.2, -0.15) is 0 Å². The first-order valence-electron chi connectivity index (χ1n) is 13.6. The molecule has 0 bridgehead atoms. The van der Waals surface area contributed by atoms with Crippen molar-refractivity contribution in [3.63, 3.8) is 0 Å². The molecule has 5 nitrogen and oxygen atoms in total. The Bertz CT molecular complexity index is 744. The Morgan fingerprint density at radius 1 is 0.889 bits per heavy atom. The second-order valence-corrected chi connectivity index (χ2v) is 23.9. The number of unbranched alkanes of at least 4 members (excludes halogenated alkanes) is 1. The van der Waals surface area contributed by atoms with Crippen LogP contribution in [0.2, 0.25) is 36.3 Å². The van der Waals surface area contributed by atoms with Crippen LogP contribution in [-0.2, 0) is 18.4 Å².